The standard InChI is InChI=1S/C10H16O7/c1-5(6(2)9(13)14)4-17-7(10(15)16)3-8(11)12/h5-7H,3-4H2,1-2H3,(H,11,12)(H,13,14)(H,15,16). The Kier molecular flexibility index (Phi) is 6.19. The van der Waals surface area contributed by atoms with Gasteiger partial charge in [-0.15, -0.1) is 0 Å². The van der Waals surface area contributed by atoms with Crippen molar-refractivity contribution in [3.05, 3.63) is 0 Å². The zero-order valence-electron chi connectivity index (χ0n) is 9.62. The van der Waals surface area contributed by atoms with Crippen molar-refractivity contribution in [1.82, 2.24) is 0 Å². The van der Waals surface area contributed by atoms with Crippen LogP contribution in [0.5, 0.6) is 0 Å². The lowest BCUT2D eigenvalue weighted by atomic mass is 9.97. The van der Waals surface area contributed by atoms with Gasteiger partial charge >= 0.3 is 17.9 Å². The number of ether oxygens (including phenoxy) is 1. The van der Waals surface area contributed by atoms with Crippen LogP contribution < -0.4 is 0 Å². The summed E-state index contributed by atoms with van der Waals surface area (Å²) >= 11 is 0. The molecule has 0 heterocycles. The lowest BCUT2D eigenvalue weighted by Gasteiger charge is -2.18. The van der Waals surface area contributed by atoms with Crippen LogP contribution in [0.3, 0.4) is 0 Å². The molecule has 7 nitrogen and oxygen atoms in total. The van der Waals surface area contributed by atoms with Gasteiger partial charge in [0, 0.05) is 0 Å². The first-order chi connectivity index (χ1) is 7.75. The topological polar surface area (TPSA) is 121 Å². The van der Waals surface area contributed by atoms with Crippen molar-refractivity contribution in [2.45, 2.75) is 26.4 Å². The van der Waals surface area contributed by atoms with Crippen molar-refractivity contribution in [2.24, 2.45) is 11.8 Å². The Morgan fingerprint density at radius 3 is 1.94 bits per heavy atom. The van der Waals surface area contributed by atoms with Crippen LogP contribution in [0.2, 0.25) is 0 Å². The highest BCUT2D eigenvalue weighted by atomic mass is 16.5. The third kappa shape index (κ3) is 5.86. The van der Waals surface area contributed by atoms with E-state index in [2.05, 4.69) is 0 Å². The fourth-order valence-electron chi connectivity index (χ4n) is 1.03. The number of hydrogen-bond acceptors (Lipinski definition) is 4. The van der Waals surface area contributed by atoms with Crippen LogP contribution in [-0.2, 0) is 19.1 Å². The Balaban J connectivity index is 4.26. The second-order valence-electron chi connectivity index (χ2n) is 3.86. The molecule has 0 bridgehead atoms. The fourth-order valence-corrected chi connectivity index (χ4v) is 1.03. The van der Waals surface area contributed by atoms with Gasteiger partial charge in [-0.1, -0.05) is 13.8 Å². The molecule has 17 heavy (non-hydrogen) atoms. The van der Waals surface area contributed by atoms with Crippen molar-refractivity contribution in [3.63, 3.8) is 0 Å². The first-order valence-corrected chi connectivity index (χ1v) is 5.04. The first-order valence-electron chi connectivity index (χ1n) is 5.04. The van der Waals surface area contributed by atoms with Crippen LogP contribution in [0, 0.1) is 11.8 Å². The van der Waals surface area contributed by atoms with Crippen LogP contribution in [-0.4, -0.2) is 45.9 Å². The summed E-state index contributed by atoms with van der Waals surface area (Å²) in [6.07, 6.45) is -2.10. The quantitative estimate of drug-likeness (QED) is 0.564. The summed E-state index contributed by atoms with van der Waals surface area (Å²) < 4.78 is 4.90. The largest absolute Gasteiger partial charge is 0.481 e. The van der Waals surface area contributed by atoms with E-state index in [0.717, 1.165) is 0 Å². The van der Waals surface area contributed by atoms with Gasteiger partial charge < -0.3 is 20.1 Å². The molecule has 0 aromatic carbocycles. The third-order valence-electron chi connectivity index (χ3n) is 2.44. The molecule has 0 spiro atoms. The van der Waals surface area contributed by atoms with Crippen molar-refractivity contribution in [2.75, 3.05) is 6.61 Å². The number of carboxylic acids is 3. The highest BCUT2D eigenvalue weighted by molar-refractivity contribution is 5.79. The number of hydrogen-bond donors (Lipinski definition) is 3. The summed E-state index contributed by atoms with van der Waals surface area (Å²) in [5, 5.41) is 25.8. The van der Waals surface area contributed by atoms with Crippen LogP contribution in [0.15, 0.2) is 0 Å². The molecule has 0 saturated heterocycles. The van der Waals surface area contributed by atoms with Gasteiger partial charge in [-0.3, -0.25) is 9.59 Å². The zero-order chi connectivity index (χ0) is 13.6. The number of rotatable bonds is 8. The minimum Gasteiger partial charge on any atom is -0.481 e. The second-order valence-corrected chi connectivity index (χ2v) is 3.86. The summed E-state index contributed by atoms with van der Waals surface area (Å²) in [5.74, 6) is -4.75. The van der Waals surface area contributed by atoms with Crippen molar-refractivity contribution in [3.8, 4) is 0 Å². The van der Waals surface area contributed by atoms with Gasteiger partial charge in [0.15, 0.2) is 6.10 Å². The van der Waals surface area contributed by atoms with E-state index in [1.807, 2.05) is 0 Å². The van der Waals surface area contributed by atoms with E-state index in [1.165, 1.54) is 6.92 Å². The molecule has 0 aliphatic heterocycles. The summed E-state index contributed by atoms with van der Waals surface area (Å²) in [5.41, 5.74) is 0. The Morgan fingerprint density at radius 1 is 1.06 bits per heavy atom. The maximum absolute atomic E-state index is 10.6. The molecule has 3 unspecified atom stereocenters. The molecule has 0 aromatic heterocycles. The number of carbonyl (C=O) groups is 3. The zero-order valence-corrected chi connectivity index (χ0v) is 9.62. The molecule has 0 amide bonds. The molecule has 3 atom stereocenters. The Hall–Kier alpha value is -1.63. The Labute approximate surface area is 98.0 Å². The molecule has 0 rings (SSSR count). The molecule has 0 radical (unpaired) electrons. The van der Waals surface area contributed by atoms with Crippen LogP contribution in [0.1, 0.15) is 20.3 Å². The van der Waals surface area contributed by atoms with Gasteiger partial charge in [-0.2, -0.15) is 0 Å². The smallest absolute Gasteiger partial charge is 0.333 e. The van der Waals surface area contributed by atoms with Gasteiger partial charge in [0.1, 0.15) is 0 Å². The average molecular weight is 248 g/mol. The lowest BCUT2D eigenvalue weighted by Crippen LogP contribution is -2.31. The molecular formula is C10H16O7. The number of carboxylic acid groups (broad SMARTS) is 3. The molecule has 0 aliphatic carbocycles. The van der Waals surface area contributed by atoms with Crippen molar-refractivity contribution in [1.29, 1.82) is 0 Å². The molecule has 0 fully saturated rings. The van der Waals surface area contributed by atoms with Crippen LogP contribution in [0.25, 0.3) is 0 Å². The molecule has 98 valence electrons. The molecular weight excluding hydrogens is 232 g/mol. The SMILES string of the molecule is CC(COC(CC(=O)O)C(=O)O)C(C)C(=O)O. The average Bonchev–Trinajstić information content (AvgIpc) is 2.21. The van der Waals surface area contributed by atoms with Crippen molar-refractivity contribution < 1.29 is 34.4 Å². The molecule has 7 heteroatoms. The normalized spacial score (nSPS) is 15.9. The highest BCUT2D eigenvalue weighted by Gasteiger charge is 2.25. The minimum absolute atomic E-state index is 0.113. The number of aliphatic carboxylic acids is 3. The van der Waals surface area contributed by atoms with Gasteiger partial charge in [0.05, 0.1) is 18.9 Å². The van der Waals surface area contributed by atoms with E-state index in [9.17, 15) is 14.4 Å². The van der Waals surface area contributed by atoms with E-state index in [4.69, 9.17) is 20.1 Å². The fraction of sp³-hybridized carbons (Fsp3) is 0.700. The summed E-state index contributed by atoms with van der Waals surface area (Å²) in [6.45, 7) is 2.96. The molecule has 0 aromatic rings. The van der Waals surface area contributed by atoms with Crippen molar-refractivity contribution >= 4 is 17.9 Å². The van der Waals surface area contributed by atoms with Gasteiger partial charge in [-0.05, 0) is 5.92 Å². The monoisotopic (exact) mass is 248 g/mol. The van der Waals surface area contributed by atoms with Gasteiger partial charge in [0.2, 0.25) is 0 Å². The molecule has 0 aliphatic rings. The van der Waals surface area contributed by atoms with Gasteiger partial charge in [-0.25, -0.2) is 4.79 Å². The second kappa shape index (κ2) is 6.85. The third-order valence-corrected chi connectivity index (χ3v) is 2.44. The Morgan fingerprint density at radius 2 is 1.59 bits per heavy atom. The summed E-state index contributed by atoms with van der Waals surface area (Å²) in [4.78, 5) is 31.6. The van der Waals surface area contributed by atoms with E-state index in [-0.39, 0.29) is 6.61 Å². The predicted molar refractivity (Wildman–Crippen MR) is 55.6 cm³/mol. The van der Waals surface area contributed by atoms with Gasteiger partial charge in [0.25, 0.3) is 0 Å². The van der Waals surface area contributed by atoms with E-state index < -0.39 is 42.3 Å². The summed E-state index contributed by atoms with van der Waals surface area (Å²) in [6, 6.07) is 0. The Bertz CT molecular complexity index is 299. The summed E-state index contributed by atoms with van der Waals surface area (Å²) in [7, 11) is 0. The van der Waals surface area contributed by atoms with Crippen LogP contribution in [0.4, 0.5) is 0 Å². The van der Waals surface area contributed by atoms with E-state index >= 15 is 0 Å². The lowest BCUT2D eigenvalue weighted by molar-refractivity contribution is -0.158. The van der Waals surface area contributed by atoms with E-state index in [0.29, 0.717) is 0 Å². The predicted octanol–water partition coefficient (Wildman–Crippen LogP) is 0.288. The van der Waals surface area contributed by atoms with E-state index in [1.54, 1.807) is 6.92 Å². The minimum atomic E-state index is -1.45. The molecule has 0 saturated carbocycles. The first kappa shape index (κ1) is 15.4. The maximum atomic E-state index is 10.6. The highest BCUT2D eigenvalue weighted by Crippen LogP contribution is 2.13. The van der Waals surface area contributed by atoms with Crippen LogP contribution >= 0.6 is 0 Å². The molecule has 3 N–H and O–H groups in total. The maximum Gasteiger partial charge on any atom is 0.333 e.